The number of hydrogen-bond acceptors (Lipinski definition) is 0. The topological polar surface area (TPSA) is 0 Å². The van der Waals surface area contributed by atoms with Crippen molar-refractivity contribution < 1.29 is 0 Å². The summed E-state index contributed by atoms with van der Waals surface area (Å²) in [5.41, 5.74) is 0. The summed E-state index contributed by atoms with van der Waals surface area (Å²) < 4.78 is 0. The van der Waals surface area contributed by atoms with Gasteiger partial charge in [-0.15, -0.1) is 0 Å². The first-order valence-electron chi connectivity index (χ1n) is 3.07. The summed E-state index contributed by atoms with van der Waals surface area (Å²) in [6, 6.07) is 0. The zero-order valence-corrected chi connectivity index (χ0v) is 5.89. The molecule has 0 spiro atoms. The van der Waals surface area contributed by atoms with Crippen molar-refractivity contribution in [3.8, 4) is 0 Å². The highest BCUT2D eigenvalue weighted by Gasteiger charge is 1.77. The molecule has 0 radical (unpaired) electrons. The molecule has 0 saturated carbocycles. The van der Waals surface area contributed by atoms with E-state index in [0.29, 0.717) is 5.92 Å². The van der Waals surface area contributed by atoms with Gasteiger partial charge in [0.15, 0.2) is 0 Å². The molecule has 0 aromatic carbocycles. The maximum absolute atomic E-state index is 2.17. The van der Waals surface area contributed by atoms with Crippen LogP contribution in [0.2, 0.25) is 0 Å². The van der Waals surface area contributed by atoms with E-state index >= 15 is 0 Å². The Morgan fingerprint density at radius 3 is 2.12 bits per heavy atom. The van der Waals surface area contributed by atoms with Gasteiger partial charge in [0, 0.05) is 0 Å². The maximum Gasteiger partial charge on any atom is -0.0287 e. The quantitative estimate of drug-likeness (QED) is 0.479. The SMILES string of the molecule is C/C=C\C=C/C(C)C. The molecule has 0 heterocycles. The number of allylic oxidation sites excluding steroid dienone is 4. The Hall–Kier alpha value is -0.520. The maximum atomic E-state index is 2.17. The lowest BCUT2D eigenvalue weighted by Gasteiger charge is -1.88. The predicted molar refractivity (Wildman–Crippen MR) is 38.8 cm³/mol. The van der Waals surface area contributed by atoms with Crippen LogP contribution in [0.25, 0.3) is 0 Å². The highest BCUT2D eigenvalue weighted by atomic mass is 13.8. The van der Waals surface area contributed by atoms with Crippen molar-refractivity contribution in [2.75, 3.05) is 0 Å². The molecule has 0 atom stereocenters. The summed E-state index contributed by atoms with van der Waals surface area (Å²) in [7, 11) is 0. The lowest BCUT2D eigenvalue weighted by atomic mass is 10.2. The zero-order valence-electron chi connectivity index (χ0n) is 5.89. The molecule has 0 aromatic rings. The van der Waals surface area contributed by atoms with Gasteiger partial charge in [-0.3, -0.25) is 0 Å². The van der Waals surface area contributed by atoms with E-state index in [0.717, 1.165) is 0 Å². The molecule has 8 heavy (non-hydrogen) atoms. The van der Waals surface area contributed by atoms with Gasteiger partial charge in [0.2, 0.25) is 0 Å². The Morgan fingerprint density at radius 1 is 1.12 bits per heavy atom. The van der Waals surface area contributed by atoms with Crippen LogP contribution in [-0.2, 0) is 0 Å². The van der Waals surface area contributed by atoms with Crippen LogP contribution in [0.4, 0.5) is 0 Å². The van der Waals surface area contributed by atoms with Gasteiger partial charge in [-0.2, -0.15) is 0 Å². The molecule has 0 fully saturated rings. The first-order valence-corrected chi connectivity index (χ1v) is 3.07. The lowest BCUT2D eigenvalue weighted by Crippen LogP contribution is -1.74. The third-order valence-electron chi connectivity index (χ3n) is 0.800. The Morgan fingerprint density at radius 2 is 1.75 bits per heavy atom. The molecular formula is C8H14. The van der Waals surface area contributed by atoms with E-state index in [1.54, 1.807) is 0 Å². The van der Waals surface area contributed by atoms with Crippen molar-refractivity contribution in [1.29, 1.82) is 0 Å². The Labute approximate surface area is 51.9 Å². The van der Waals surface area contributed by atoms with E-state index in [1.807, 2.05) is 19.1 Å². The second-order valence-electron chi connectivity index (χ2n) is 2.15. The fraction of sp³-hybridized carbons (Fsp3) is 0.500. The monoisotopic (exact) mass is 110 g/mol. The zero-order chi connectivity index (χ0) is 6.41. The van der Waals surface area contributed by atoms with Crippen molar-refractivity contribution in [2.24, 2.45) is 5.92 Å². The van der Waals surface area contributed by atoms with Crippen LogP contribution in [0.3, 0.4) is 0 Å². The molecular weight excluding hydrogens is 96.1 g/mol. The highest BCUT2D eigenvalue weighted by Crippen LogP contribution is 1.92. The van der Waals surface area contributed by atoms with Crippen LogP contribution in [0.5, 0.6) is 0 Å². The third kappa shape index (κ3) is 5.48. The number of rotatable bonds is 2. The van der Waals surface area contributed by atoms with Gasteiger partial charge >= 0.3 is 0 Å². The van der Waals surface area contributed by atoms with Crippen LogP contribution in [0, 0.1) is 5.92 Å². The van der Waals surface area contributed by atoms with Crippen LogP contribution in [0.1, 0.15) is 20.8 Å². The largest absolute Gasteiger partial charge is 0.0877 e. The van der Waals surface area contributed by atoms with Gasteiger partial charge in [-0.1, -0.05) is 38.2 Å². The summed E-state index contributed by atoms with van der Waals surface area (Å²) in [5.74, 6) is 0.672. The summed E-state index contributed by atoms with van der Waals surface area (Å²) in [6.07, 6.45) is 8.31. The van der Waals surface area contributed by atoms with Gasteiger partial charge in [0.25, 0.3) is 0 Å². The van der Waals surface area contributed by atoms with Crippen LogP contribution in [0.15, 0.2) is 24.3 Å². The molecule has 0 unspecified atom stereocenters. The molecule has 0 aliphatic rings. The normalized spacial score (nSPS) is 12.5. The number of hydrogen-bond donors (Lipinski definition) is 0. The van der Waals surface area contributed by atoms with E-state index in [-0.39, 0.29) is 0 Å². The summed E-state index contributed by atoms with van der Waals surface area (Å²) in [4.78, 5) is 0. The van der Waals surface area contributed by atoms with E-state index in [4.69, 9.17) is 0 Å². The van der Waals surface area contributed by atoms with E-state index in [9.17, 15) is 0 Å². The minimum absolute atomic E-state index is 0.672. The van der Waals surface area contributed by atoms with Crippen molar-refractivity contribution in [3.63, 3.8) is 0 Å². The minimum Gasteiger partial charge on any atom is -0.0877 e. The highest BCUT2D eigenvalue weighted by molar-refractivity contribution is 5.01. The lowest BCUT2D eigenvalue weighted by molar-refractivity contribution is 0.832. The Bertz CT molecular complexity index is 86.2. The molecule has 0 aliphatic carbocycles. The summed E-state index contributed by atoms with van der Waals surface area (Å²) in [5, 5.41) is 0. The summed E-state index contributed by atoms with van der Waals surface area (Å²) >= 11 is 0. The first kappa shape index (κ1) is 7.48. The minimum atomic E-state index is 0.672. The molecule has 0 saturated heterocycles. The van der Waals surface area contributed by atoms with Crippen LogP contribution < -0.4 is 0 Å². The van der Waals surface area contributed by atoms with E-state index < -0.39 is 0 Å². The van der Waals surface area contributed by atoms with Crippen molar-refractivity contribution >= 4 is 0 Å². The second kappa shape index (κ2) is 4.63. The fourth-order valence-corrected chi connectivity index (χ4v) is 0.397. The van der Waals surface area contributed by atoms with Crippen molar-refractivity contribution in [2.45, 2.75) is 20.8 Å². The Kier molecular flexibility index (Phi) is 4.33. The van der Waals surface area contributed by atoms with Crippen molar-refractivity contribution in [1.82, 2.24) is 0 Å². The fourth-order valence-electron chi connectivity index (χ4n) is 0.397. The Balaban J connectivity index is 3.34. The standard InChI is InChI=1S/C8H14/c1-4-5-6-7-8(2)3/h4-8H,1-3H3/b5-4-,7-6-. The molecule has 0 aliphatic heterocycles. The van der Waals surface area contributed by atoms with Gasteiger partial charge < -0.3 is 0 Å². The molecule has 0 nitrogen and oxygen atoms in total. The van der Waals surface area contributed by atoms with E-state index in [1.165, 1.54) is 0 Å². The smallest absolute Gasteiger partial charge is 0.0287 e. The molecule has 0 N–H and O–H groups in total. The average Bonchev–Trinajstić information content (AvgIpc) is 1.66. The molecule has 0 bridgehead atoms. The van der Waals surface area contributed by atoms with Gasteiger partial charge in [-0.05, 0) is 12.8 Å². The van der Waals surface area contributed by atoms with Crippen molar-refractivity contribution in [3.05, 3.63) is 24.3 Å². The van der Waals surface area contributed by atoms with Gasteiger partial charge in [-0.25, -0.2) is 0 Å². The first-order chi connectivity index (χ1) is 3.77. The van der Waals surface area contributed by atoms with E-state index in [2.05, 4.69) is 26.0 Å². The molecule has 0 amide bonds. The third-order valence-corrected chi connectivity index (χ3v) is 0.800. The van der Waals surface area contributed by atoms with Gasteiger partial charge in [0.1, 0.15) is 0 Å². The molecule has 0 aromatic heterocycles. The molecule has 0 heteroatoms. The van der Waals surface area contributed by atoms with Gasteiger partial charge in [0.05, 0.1) is 0 Å². The van der Waals surface area contributed by atoms with Crippen LogP contribution >= 0.6 is 0 Å². The molecule has 46 valence electrons. The average molecular weight is 110 g/mol. The molecule has 0 rings (SSSR count). The predicted octanol–water partition coefficient (Wildman–Crippen LogP) is 2.77. The van der Waals surface area contributed by atoms with Crippen LogP contribution in [-0.4, -0.2) is 0 Å². The second-order valence-corrected chi connectivity index (χ2v) is 2.15. The summed E-state index contributed by atoms with van der Waals surface area (Å²) in [6.45, 7) is 6.35.